The van der Waals surface area contributed by atoms with Crippen molar-refractivity contribution in [3.8, 4) is 0 Å². The van der Waals surface area contributed by atoms with Gasteiger partial charge in [-0.2, -0.15) is 0 Å². The summed E-state index contributed by atoms with van der Waals surface area (Å²) in [4.78, 5) is 11.4. The smallest absolute Gasteiger partial charge is 0.120 e. The zero-order chi connectivity index (χ0) is 13.5. The lowest BCUT2D eigenvalue weighted by molar-refractivity contribution is -0.269. The van der Waals surface area contributed by atoms with Gasteiger partial charge in [0, 0.05) is 11.8 Å². The Hall–Kier alpha value is -1.15. The molecule has 1 N–H and O–H groups in total. The Morgan fingerprint density at radius 1 is 1.20 bits per heavy atom. The van der Waals surface area contributed by atoms with Crippen LogP contribution in [0, 0.1) is 29.1 Å². The van der Waals surface area contributed by atoms with Crippen molar-refractivity contribution in [1.29, 1.82) is 0 Å². The van der Waals surface area contributed by atoms with Crippen LogP contribution in [-0.4, -0.2) is 17.5 Å². The molecule has 2 nitrogen and oxygen atoms in total. The summed E-state index contributed by atoms with van der Waals surface area (Å²) in [6.45, 7) is 0. The molecular formula is C18H20O2. The Morgan fingerprint density at radius 2 is 1.95 bits per heavy atom. The maximum Gasteiger partial charge on any atom is 0.120 e. The molecule has 5 rings (SSSR count). The monoisotopic (exact) mass is 268 g/mol. The van der Waals surface area contributed by atoms with E-state index in [1.54, 1.807) is 0 Å². The summed E-state index contributed by atoms with van der Waals surface area (Å²) in [5, 5.41) is 10.3. The molecule has 4 aliphatic rings. The second-order valence-electron chi connectivity index (χ2n) is 7.53. The van der Waals surface area contributed by atoms with Crippen LogP contribution in [0.3, 0.4) is 0 Å². The third-order valence-corrected chi connectivity index (χ3v) is 7.50. The van der Waals surface area contributed by atoms with Gasteiger partial charge in [-0.3, -0.25) is 0 Å². The molecule has 7 unspecified atom stereocenters. The van der Waals surface area contributed by atoms with Crippen molar-refractivity contribution in [1.82, 2.24) is 0 Å². The molecule has 0 aromatic heterocycles. The molecule has 4 aliphatic carbocycles. The van der Waals surface area contributed by atoms with Gasteiger partial charge in [-0.1, -0.05) is 30.3 Å². The van der Waals surface area contributed by atoms with Crippen molar-refractivity contribution >= 4 is 6.29 Å². The highest BCUT2D eigenvalue weighted by molar-refractivity contribution is 5.58. The molecule has 7 atom stereocenters. The third kappa shape index (κ3) is 0.920. The van der Waals surface area contributed by atoms with E-state index in [0.29, 0.717) is 35.5 Å². The van der Waals surface area contributed by atoms with E-state index in [0.717, 1.165) is 19.1 Å². The first kappa shape index (κ1) is 11.5. The molecule has 4 fully saturated rings. The first-order valence-corrected chi connectivity index (χ1v) is 7.92. The molecular weight excluding hydrogens is 248 g/mol. The van der Waals surface area contributed by atoms with Gasteiger partial charge in [0.15, 0.2) is 0 Å². The van der Waals surface area contributed by atoms with Gasteiger partial charge >= 0.3 is 0 Å². The van der Waals surface area contributed by atoms with Crippen LogP contribution in [0.15, 0.2) is 30.3 Å². The van der Waals surface area contributed by atoms with E-state index in [1.165, 1.54) is 12.0 Å². The second-order valence-corrected chi connectivity index (χ2v) is 7.53. The quantitative estimate of drug-likeness (QED) is 0.855. The van der Waals surface area contributed by atoms with Crippen LogP contribution in [0.1, 0.15) is 31.2 Å². The van der Waals surface area contributed by atoms with Crippen LogP contribution >= 0.6 is 0 Å². The molecule has 0 radical (unpaired) electrons. The van der Waals surface area contributed by atoms with Crippen molar-refractivity contribution in [2.24, 2.45) is 29.1 Å². The van der Waals surface area contributed by atoms with Gasteiger partial charge in [0.05, 0.1) is 6.10 Å². The molecule has 2 bridgehead atoms. The summed E-state index contributed by atoms with van der Waals surface area (Å²) in [5.41, 5.74) is 1.87. The number of aliphatic hydroxyl groups is 1. The lowest BCUT2D eigenvalue weighted by Gasteiger charge is -2.77. The zero-order valence-electron chi connectivity index (χ0n) is 11.5. The first-order chi connectivity index (χ1) is 9.75. The van der Waals surface area contributed by atoms with Gasteiger partial charge in [-0.15, -0.1) is 0 Å². The van der Waals surface area contributed by atoms with Gasteiger partial charge in [-0.05, 0) is 53.9 Å². The molecule has 1 spiro atoms. The highest BCUT2D eigenvalue weighted by Crippen LogP contribution is 2.87. The fourth-order valence-electron chi connectivity index (χ4n) is 7.05. The number of aliphatic hydroxyl groups excluding tert-OH is 1. The van der Waals surface area contributed by atoms with E-state index in [-0.39, 0.29) is 11.5 Å². The van der Waals surface area contributed by atoms with Crippen LogP contribution < -0.4 is 0 Å². The lowest BCUT2D eigenvalue weighted by atomic mass is 9.26. The van der Waals surface area contributed by atoms with Crippen molar-refractivity contribution in [3.63, 3.8) is 0 Å². The fraction of sp³-hybridized carbons (Fsp3) is 0.611. The summed E-state index contributed by atoms with van der Waals surface area (Å²) in [7, 11) is 0. The predicted octanol–water partition coefficient (Wildman–Crippen LogP) is 2.55. The van der Waals surface area contributed by atoms with E-state index in [9.17, 15) is 9.90 Å². The number of carbonyl (C=O) groups excluding carboxylic acids is 1. The van der Waals surface area contributed by atoms with E-state index < -0.39 is 0 Å². The number of fused-ring (bicyclic) bond motifs is 1. The number of hydrogen-bond donors (Lipinski definition) is 1. The minimum Gasteiger partial charge on any atom is -0.393 e. The standard InChI is InChI=1S/C18H20O2/c19-7-6-17(12-4-2-1-3-5-12)14-8-11-10-18(14)13(16(11)20)9-15(17)18/h1-5,7,11,13-16,20H,6,8-10H2. The summed E-state index contributed by atoms with van der Waals surface area (Å²) >= 11 is 0. The van der Waals surface area contributed by atoms with Gasteiger partial charge < -0.3 is 9.90 Å². The van der Waals surface area contributed by atoms with Gasteiger partial charge in [0.1, 0.15) is 6.29 Å². The van der Waals surface area contributed by atoms with E-state index in [1.807, 2.05) is 0 Å². The molecule has 0 heterocycles. The third-order valence-electron chi connectivity index (χ3n) is 7.50. The summed E-state index contributed by atoms with van der Waals surface area (Å²) in [5.74, 6) is 2.33. The van der Waals surface area contributed by atoms with Crippen LogP contribution in [-0.2, 0) is 10.2 Å². The van der Waals surface area contributed by atoms with E-state index in [2.05, 4.69) is 30.3 Å². The maximum atomic E-state index is 11.4. The molecule has 1 aromatic rings. The number of rotatable bonds is 3. The molecule has 1 aromatic carbocycles. The first-order valence-electron chi connectivity index (χ1n) is 7.92. The largest absolute Gasteiger partial charge is 0.393 e. The predicted molar refractivity (Wildman–Crippen MR) is 75.1 cm³/mol. The highest BCUT2D eigenvalue weighted by atomic mass is 16.3. The Morgan fingerprint density at radius 3 is 2.65 bits per heavy atom. The van der Waals surface area contributed by atoms with Crippen molar-refractivity contribution in [3.05, 3.63) is 35.9 Å². The summed E-state index contributed by atoms with van der Waals surface area (Å²) in [6, 6.07) is 10.7. The minimum absolute atomic E-state index is 0.0486. The molecule has 20 heavy (non-hydrogen) atoms. The Labute approximate surface area is 119 Å². The van der Waals surface area contributed by atoms with Crippen molar-refractivity contribution < 1.29 is 9.90 Å². The number of aldehydes is 1. The number of benzene rings is 1. The molecule has 0 amide bonds. The van der Waals surface area contributed by atoms with Crippen LogP contribution in [0.2, 0.25) is 0 Å². The normalized spacial score (nSPS) is 54.0. The summed E-state index contributed by atoms with van der Waals surface area (Å²) in [6.07, 6.45) is 5.25. The number of carbonyl (C=O) groups is 1. The van der Waals surface area contributed by atoms with Crippen LogP contribution in [0.5, 0.6) is 0 Å². The topological polar surface area (TPSA) is 37.3 Å². The Kier molecular flexibility index (Phi) is 1.93. The van der Waals surface area contributed by atoms with E-state index >= 15 is 0 Å². The molecule has 2 heteroatoms. The number of hydrogen-bond acceptors (Lipinski definition) is 2. The fourth-order valence-corrected chi connectivity index (χ4v) is 7.05. The summed E-state index contributed by atoms with van der Waals surface area (Å²) < 4.78 is 0. The molecule has 0 aliphatic heterocycles. The maximum absolute atomic E-state index is 11.4. The van der Waals surface area contributed by atoms with Gasteiger partial charge in [-0.25, -0.2) is 0 Å². The Bertz CT molecular complexity index is 582. The van der Waals surface area contributed by atoms with Gasteiger partial charge in [0.2, 0.25) is 0 Å². The lowest BCUT2D eigenvalue weighted by Crippen LogP contribution is -2.75. The van der Waals surface area contributed by atoms with Crippen LogP contribution in [0.25, 0.3) is 0 Å². The zero-order valence-corrected chi connectivity index (χ0v) is 11.5. The van der Waals surface area contributed by atoms with Crippen LogP contribution in [0.4, 0.5) is 0 Å². The minimum atomic E-state index is -0.0486. The highest BCUT2D eigenvalue weighted by Gasteiger charge is 2.84. The Balaban J connectivity index is 1.63. The average molecular weight is 268 g/mol. The average Bonchev–Trinajstić information content (AvgIpc) is 2.95. The molecule has 104 valence electrons. The van der Waals surface area contributed by atoms with Crippen molar-refractivity contribution in [2.45, 2.75) is 37.2 Å². The van der Waals surface area contributed by atoms with Gasteiger partial charge in [0.25, 0.3) is 0 Å². The van der Waals surface area contributed by atoms with Crippen molar-refractivity contribution in [2.75, 3.05) is 0 Å². The molecule has 0 saturated heterocycles. The molecule has 4 saturated carbocycles. The second kappa shape index (κ2) is 3.36. The van der Waals surface area contributed by atoms with E-state index in [4.69, 9.17) is 0 Å². The SMILES string of the molecule is O=CCC1(c2ccccc2)C2CC3CC24C(CC14)C3O.